The third kappa shape index (κ3) is 8.86. The summed E-state index contributed by atoms with van der Waals surface area (Å²) in [5, 5.41) is 2.61. The predicted octanol–water partition coefficient (Wildman–Crippen LogP) is 4.45. The normalized spacial score (nSPS) is 19.0. The molecule has 0 unspecified atom stereocenters. The number of carbonyl (C=O) groups excluding carboxylic acids is 3. The van der Waals surface area contributed by atoms with Gasteiger partial charge in [-0.1, -0.05) is 24.0 Å². The molecule has 2 aromatic carbocycles. The molecule has 56 heavy (non-hydrogen) atoms. The van der Waals surface area contributed by atoms with E-state index >= 15 is 0 Å². The summed E-state index contributed by atoms with van der Waals surface area (Å²) in [7, 11) is 5.65. The van der Waals surface area contributed by atoms with Gasteiger partial charge in [0.2, 0.25) is 12.3 Å². The molecule has 3 N–H and O–H groups in total. The molecule has 4 aromatic rings. The van der Waals surface area contributed by atoms with Crippen molar-refractivity contribution in [2.75, 3.05) is 41.5 Å². The zero-order valence-electron chi connectivity index (χ0n) is 32.4. The Hall–Kier alpha value is -5.76. The first-order valence-electron chi connectivity index (χ1n) is 18.5. The number of fused-ring (bicyclic) bond motifs is 1. The van der Waals surface area contributed by atoms with Crippen molar-refractivity contribution in [1.29, 1.82) is 0 Å². The molecule has 2 aliphatic rings. The van der Waals surface area contributed by atoms with Crippen LogP contribution in [-0.2, 0) is 33.6 Å². The fraction of sp³-hybridized carbons (Fsp3) is 0.450. The summed E-state index contributed by atoms with van der Waals surface area (Å²) in [6.07, 6.45) is 4.36. The van der Waals surface area contributed by atoms with Crippen molar-refractivity contribution < 1.29 is 38.4 Å². The zero-order valence-corrected chi connectivity index (χ0v) is 32.4. The van der Waals surface area contributed by atoms with E-state index < -0.39 is 30.4 Å². The molecule has 2 aliphatic heterocycles. The van der Waals surface area contributed by atoms with E-state index in [4.69, 9.17) is 29.1 Å². The van der Waals surface area contributed by atoms with Gasteiger partial charge in [0.25, 0.3) is 5.91 Å². The lowest BCUT2D eigenvalue weighted by atomic mass is 10.1. The van der Waals surface area contributed by atoms with E-state index in [1.54, 1.807) is 23.6 Å². The van der Waals surface area contributed by atoms with Crippen molar-refractivity contribution in [2.45, 2.75) is 75.9 Å². The number of aromatic nitrogens is 4. The Morgan fingerprint density at radius 3 is 2.21 bits per heavy atom. The van der Waals surface area contributed by atoms with Crippen LogP contribution in [0.5, 0.6) is 0 Å². The highest BCUT2D eigenvalue weighted by Gasteiger charge is 2.39. The summed E-state index contributed by atoms with van der Waals surface area (Å²) in [6, 6.07) is 11.4. The molecule has 0 saturated carbocycles. The van der Waals surface area contributed by atoms with Gasteiger partial charge in [-0.15, -0.1) is 0 Å². The lowest BCUT2D eigenvalue weighted by molar-refractivity contribution is -0.188. The molecule has 4 heterocycles. The van der Waals surface area contributed by atoms with Crippen molar-refractivity contribution in [3.63, 3.8) is 0 Å². The van der Waals surface area contributed by atoms with Gasteiger partial charge in [0.05, 0.1) is 55.2 Å². The van der Waals surface area contributed by atoms with Gasteiger partial charge in [-0.2, -0.15) is 4.89 Å². The number of nitrogens with zero attached hydrogens (tertiary/aromatic N) is 5. The number of alkyl carbamates (subject to hydrolysis) is 1. The Morgan fingerprint density at radius 2 is 1.54 bits per heavy atom. The van der Waals surface area contributed by atoms with Crippen LogP contribution in [0.25, 0.3) is 22.3 Å². The molecule has 0 spiro atoms. The lowest BCUT2D eigenvalue weighted by Gasteiger charge is -2.30. The fourth-order valence-electron chi connectivity index (χ4n) is 7.11. The maximum atomic E-state index is 13.6. The first-order chi connectivity index (χ1) is 27.1. The molecule has 0 bridgehead atoms. The molecular weight excluding hydrogens is 720 g/mol. The van der Waals surface area contributed by atoms with Crippen LogP contribution in [0, 0.1) is 11.8 Å². The van der Waals surface area contributed by atoms with Crippen LogP contribution >= 0.6 is 0 Å². The number of methoxy groups -OCH3 is 3. The zero-order chi connectivity index (χ0) is 39.8. The van der Waals surface area contributed by atoms with E-state index in [1.165, 1.54) is 28.4 Å². The topological polar surface area (TPSA) is 186 Å². The van der Waals surface area contributed by atoms with Crippen LogP contribution < -0.4 is 5.32 Å². The minimum absolute atomic E-state index is 0.173. The number of ether oxygens (including phenoxy) is 3. The number of aliphatic imine (C=N–C) groups is 1. The molecule has 16 heteroatoms. The molecule has 6 atom stereocenters. The first-order valence-corrected chi connectivity index (χ1v) is 18.5. The van der Waals surface area contributed by atoms with Crippen molar-refractivity contribution in [3.8, 4) is 23.1 Å². The highest BCUT2D eigenvalue weighted by Crippen LogP contribution is 2.34. The van der Waals surface area contributed by atoms with Crippen molar-refractivity contribution in [2.24, 2.45) is 4.99 Å². The Bertz CT molecular complexity index is 2090. The van der Waals surface area contributed by atoms with Crippen LogP contribution in [-0.4, -0.2) is 120 Å². The van der Waals surface area contributed by atoms with E-state index in [2.05, 4.69) is 37.0 Å². The molecule has 3 amide bonds. The van der Waals surface area contributed by atoms with E-state index in [0.29, 0.717) is 24.7 Å². The van der Waals surface area contributed by atoms with Gasteiger partial charge in [0, 0.05) is 50.2 Å². The van der Waals surface area contributed by atoms with Gasteiger partial charge >= 0.3 is 6.09 Å². The Balaban J connectivity index is 1.12. The molecule has 2 saturated heterocycles. The molecule has 6 rings (SSSR count). The van der Waals surface area contributed by atoms with Gasteiger partial charge in [0.15, 0.2) is 6.04 Å². The molecule has 0 aliphatic carbocycles. The standard InChI is InChI=1S/C40H48N8O8/c1-24(52-3)34(42-23-56-55-6)38(49)48-20-8-10-33(48)37-43-29-18-15-27(21-30(29)44-37)12-11-26-13-16-28(17-14-26)31-22-41-36(45-31)32-9-7-19-47(32)39(50)35(25(2)53-4)46-40(51)54-5/h13-18,21-25,32-35H,7-10,19-20H2,1-6H3,(H,41,45)(H,43,44)(H,46,51)/b42-23-/t24-,25-,32+,33+,34+,35+/m1/s1. The number of H-pyrrole nitrogens is 2. The second kappa shape index (κ2) is 18.2. The fourth-order valence-corrected chi connectivity index (χ4v) is 7.11. The Morgan fingerprint density at radius 1 is 0.875 bits per heavy atom. The average molecular weight is 769 g/mol. The minimum Gasteiger partial charge on any atom is -0.453 e. The van der Waals surface area contributed by atoms with Gasteiger partial charge < -0.3 is 44.2 Å². The van der Waals surface area contributed by atoms with Crippen molar-refractivity contribution in [3.05, 3.63) is 71.4 Å². The van der Waals surface area contributed by atoms with E-state index in [-0.39, 0.29) is 23.9 Å². The van der Waals surface area contributed by atoms with Crippen LogP contribution in [0.1, 0.15) is 74.4 Å². The highest BCUT2D eigenvalue weighted by molar-refractivity contribution is 5.87. The summed E-state index contributed by atoms with van der Waals surface area (Å²) in [5.41, 5.74) is 4.89. The summed E-state index contributed by atoms with van der Waals surface area (Å²) in [6.45, 7) is 4.63. The number of rotatable bonds is 13. The number of carbonyl (C=O) groups is 3. The average Bonchev–Trinajstić information content (AvgIpc) is 4.06. The van der Waals surface area contributed by atoms with Crippen molar-refractivity contribution in [1.82, 2.24) is 35.1 Å². The van der Waals surface area contributed by atoms with Gasteiger partial charge in [-0.3, -0.25) is 9.59 Å². The quantitative estimate of drug-likeness (QED) is 0.0577. The predicted molar refractivity (Wildman–Crippen MR) is 206 cm³/mol. The number of benzene rings is 2. The second-order valence-corrected chi connectivity index (χ2v) is 13.7. The Kier molecular flexibility index (Phi) is 13.0. The number of hydrogen-bond acceptors (Lipinski definition) is 11. The van der Waals surface area contributed by atoms with E-state index in [0.717, 1.165) is 65.5 Å². The van der Waals surface area contributed by atoms with Crippen LogP contribution in [0.2, 0.25) is 0 Å². The van der Waals surface area contributed by atoms with E-state index in [1.807, 2.05) is 48.7 Å². The number of nitrogens with one attached hydrogen (secondary N) is 3. The largest absolute Gasteiger partial charge is 0.453 e. The van der Waals surface area contributed by atoms with Crippen LogP contribution in [0.15, 0.2) is 53.7 Å². The summed E-state index contributed by atoms with van der Waals surface area (Å²) in [5.74, 6) is 7.44. The molecule has 2 fully saturated rings. The van der Waals surface area contributed by atoms with E-state index in [9.17, 15) is 14.4 Å². The summed E-state index contributed by atoms with van der Waals surface area (Å²) < 4.78 is 15.6. The minimum atomic E-state index is -0.900. The molecule has 296 valence electrons. The van der Waals surface area contributed by atoms with Crippen molar-refractivity contribution >= 4 is 35.3 Å². The smallest absolute Gasteiger partial charge is 0.407 e. The van der Waals surface area contributed by atoms with Crippen LogP contribution in [0.3, 0.4) is 0 Å². The molecular formula is C40H48N8O8. The number of amides is 3. The monoisotopic (exact) mass is 768 g/mol. The second-order valence-electron chi connectivity index (χ2n) is 13.7. The number of aromatic amines is 2. The summed E-state index contributed by atoms with van der Waals surface area (Å²) in [4.78, 5) is 72.7. The number of likely N-dealkylation sites (tertiary alicyclic amines) is 2. The SMILES string of the molecule is COO/C=N\[C@H](C(=O)N1CCC[C@H]1c1nc2cc(C#Cc3ccc(-c4c[nH]c([C@@H]5CCCN5C(=O)[C@@H](NC(=O)OC)[C@@H](C)OC)n4)cc3)ccc2[nH]1)[C@@H](C)OC. The van der Waals surface area contributed by atoms with Gasteiger partial charge in [-0.25, -0.2) is 19.8 Å². The lowest BCUT2D eigenvalue weighted by Crippen LogP contribution is -2.54. The van der Waals surface area contributed by atoms with Crippen LogP contribution in [0.4, 0.5) is 4.79 Å². The third-order valence-electron chi connectivity index (χ3n) is 10.3. The third-order valence-corrected chi connectivity index (χ3v) is 10.3. The molecule has 0 radical (unpaired) electrons. The highest BCUT2D eigenvalue weighted by atomic mass is 17.2. The van der Waals surface area contributed by atoms with Gasteiger partial charge in [-0.05, 0) is 69.9 Å². The molecule has 2 aromatic heterocycles. The number of imidazole rings is 2. The summed E-state index contributed by atoms with van der Waals surface area (Å²) >= 11 is 0. The Labute approximate surface area is 325 Å². The maximum absolute atomic E-state index is 13.6. The number of hydrogen-bond donors (Lipinski definition) is 3. The molecule has 16 nitrogen and oxygen atoms in total. The maximum Gasteiger partial charge on any atom is 0.407 e. The first kappa shape index (κ1) is 39.9. The van der Waals surface area contributed by atoms with Gasteiger partial charge in [0.1, 0.15) is 17.7 Å².